The van der Waals surface area contributed by atoms with Gasteiger partial charge in [-0.1, -0.05) is 30.3 Å². The second kappa shape index (κ2) is 5.23. The number of thioether (sulfide) groups is 1. The number of hydrogen-bond donors (Lipinski definition) is 0. The summed E-state index contributed by atoms with van der Waals surface area (Å²) in [4.78, 5) is 0. The lowest BCUT2D eigenvalue weighted by Crippen LogP contribution is -2.12. The number of ether oxygens (including phenoxy) is 1. The fraction of sp³-hybridized carbons (Fsp3) is 0.333. The van der Waals surface area contributed by atoms with Crippen LogP contribution in [0.3, 0.4) is 0 Å². The molecule has 74 valence electrons. The summed E-state index contributed by atoms with van der Waals surface area (Å²) in [6, 6.07) is 10.3. The van der Waals surface area contributed by atoms with E-state index in [1.807, 2.05) is 30.0 Å². The van der Waals surface area contributed by atoms with E-state index in [2.05, 4.69) is 23.6 Å². The molecule has 0 fully saturated rings. The highest BCUT2D eigenvalue weighted by Crippen LogP contribution is 2.17. The van der Waals surface area contributed by atoms with Gasteiger partial charge in [0.25, 0.3) is 0 Å². The third-order valence-corrected chi connectivity index (χ3v) is 3.04. The minimum absolute atomic E-state index is 0.316. The molecule has 0 bridgehead atoms. The van der Waals surface area contributed by atoms with Crippen LogP contribution in [0.5, 0.6) is 0 Å². The van der Waals surface area contributed by atoms with Crippen molar-refractivity contribution < 1.29 is 4.74 Å². The normalized spacial score (nSPS) is 21.0. The van der Waals surface area contributed by atoms with Crippen molar-refractivity contribution in [1.82, 2.24) is 0 Å². The van der Waals surface area contributed by atoms with Crippen LogP contribution in [0.1, 0.15) is 12.0 Å². The maximum absolute atomic E-state index is 5.77. The second-order valence-electron chi connectivity index (χ2n) is 3.32. The van der Waals surface area contributed by atoms with Crippen LogP contribution >= 0.6 is 11.8 Å². The van der Waals surface area contributed by atoms with E-state index < -0.39 is 0 Å². The van der Waals surface area contributed by atoms with E-state index in [9.17, 15) is 0 Å². The zero-order valence-electron chi connectivity index (χ0n) is 8.06. The molecule has 0 amide bonds. The predicted octanol–water partition coefficient (Wildman–Crippen LogP) is 3.22. The maximum atomic E-state index is 5.77. The average Bonchev–Trinajstić information content (AvgIpc) is 2.29. The van der Waals surface area contributed by atoms with Crippen LogP contribution in [0.2, 0.25) is 0 Å². The Kier molecular flexibility index (Phi) is 3.66. The first-order valence-electron chi connectivity index (χ1n) is 4.89. The molecule has 1 heterocycles. The maximum Gasteiger partial charge on any atom is 0.0776 e. The second-order valence-corrected chi connectivity index (χ2v) is 4.34. The smallest absolute Gasteiger partial charge is 0.0776 e. The van der Waals surface area contributed by atoms with Crippen LogP contribution in [0.25, 0.3) is 0 Å². The first-order chi connectivity index (χ1) is 6.95. The molecule has 1 nitrogen and oxygen atoms in total. The Bertz CT molecular complexity index is 294. The van der Waals surface area contributed by atoms with E-state index in [1.165, 1.54) is 11.3 Å². The molecule has 0 N–H and O–H groups in total. The summed E-state index contributed by atoms with van der Waals surface area (Å²) in [6.07, 6.45) is 3.60. The summed E-state index contributed by atoms with van der Waals surface area (Å²) in [5.74, 6) is 1.18. The van der Waals surface area contributed by atoms with Gasteiger partial charge in [0.15, 0.2) is 0 Å². The molecule has 1 aromatic rings. The Morgan fingerprint density at radius 1 is 1.29 bits per heavy atom. The highest BCUT2D eigenvalue weighted by atomic mass is 32.2. The zero-order chi connectivity index (χ0) is 9.64. The molecule has 0 aliphatic carbocycles. The summed E-state index contributed by atoms with van der Waals surface area (Å²) in [5, 5.41) is 2.14. The van der Waals surface area contributed by atoms with Crippen molar-refractivity contribution >= 4 is 11.8 Å². The minimum atomic E-state index is 0.316. The van der Waals surface area contributed by atoms with Gasteiger partial charge >= 0.3 is 0 Å². The molecule has 0 saturated heterocycles. The lowest BCUT2D eigenvalue weighted by molar-refractivity contribution is 0.0700. The van der Waals surface area contributed by atoms with Crippen molar-refractivity contribution in [2.24, 2.45) is 0 Å². The van der Waals surface area contributed by atoms with E-state index in [-0.39, 0.29) is 0 Å². The predicted molar refractivity (Wildman–Crippen MR) is 61.2 cm³/mol. The van der Waals surface area contributed by atoms with Gasteiger partial charge in [-0.05, 0) is 23.5 Å². The Balaban J connectivity index is 1.82. The Morgan fingerprint density at radius 2 is 2.14 bits per heavy atom. The molecular formula is C12H14OS. The lowest BCUT2D eigenvalue weighted by atomic mass is 10.2. The number of rotatable bonds is 3. The number of hydrogen-bond acceptors (Lipinski definition) is 2. The van der Waals surface area contributed by atoms with Crippen LogP contribution in [-0.2, 0) is 11.3 Å². The third kappa shape index (κ3) is 2.89. The van der Waals surface area contributed by atoms with Crippen LogP contribution in [-0.4, -0.2) is 11.9 Å². The third-order valence-electron chi connectivity index (χ3n) is 2.22. The molecule has 0 saturated carbocycles. The van der Waals surface area contributed by atoms with Crippen molar-refractivity contribution in [3.63, 3.8) is 0 Å². The molecule has 2 heteroatoms. The monoisotopic (exact) mass is 206 g/mol. The Labute approximate surface area is 89.2 Å². The van der Waals surface area contributed by atoms with Gasteiger partial charge in [0.2, 0.25) is 0 Å². The van der Waals surface area contributed by atoms with Gasteiger partial charge in [-0.3, -0.25) is 0 Å². The minimum Gasteiger partial charge on any atom is -0.369 e. The molecule has 1 atom stereocenters. The van der Waals surface area contributed by atoms with Gasteiger partial charge in [-0.2, -0.15) is 0 Å². The van der Waals surface area contributed by atoms with Gasteiger partial charge < -0.3 is 4.74 Å². The van der Waals surface area contributed by atoms with E-state index in [1.54, 1.807) is 0 Å². The van der Waals surface area contributed by atoms with Crippen molar-refractivity contribution in [1.29, 1.82) is 0 Å². The highest BCUT2D eigenvalue weighted by Gasteiger charge is 2.08. The largest absolute Gasteiger partial charge is 0.369 e. The van der Waals surface area contributed by atoms with Gasteiger partial charge in [-0.15, -0.1) is 11.8 Å². The first kappa shape index (κ1) is 9.81. The summed E-state index contributed by atoms with van der Waals surface area (Å²) in [7, 11) is 0. The summed E-state index contributed by atoms with van der Waals surface area (Å²) in [6.45, 7) is 0.723. The van der Waals surface area contributed by atoms with Crippen molar-refractivity contribution in [2.75, 3.05) is 5.75 Å². The van der Waals surface area contributed by atoms with E-state index in [0.717, 1.165) is 13.0 Å². The highest BCUT2D eigenvalue weighted by molar-refractivity contribution is 8.02. The molecule has 1 aromatic carbocycles. The molecule has 0 radical (unpaired) electrons. The Morgan fingerprint density at radius 3 is 2.86 bits per heavy atom. The summed E-state index contributed by atoms with van der Waals surface area (Å²) >= 11 is 1.86. The molecule has 1 aliphatic rings. The molecule has 1 aliphatic heterocycles. The SMILES string of the molecule is C1=C[C@H](OCc2ccccc2)CCS1. The topological polar surface area (TPSA) is 9.23 Å². The van der Waals surface area contributed by atoms with Crippen molar-refractivity contribution in [3.05, 3.63) is 47.4 Å². The first-order valence-corrected chi connectivity index (χ1v) is 5.94. The van der Waals surface area contributed by atoms with Crippen LogP contribution in [0.4, 0.5) is 0 Å². The molecule has 14 heavy (non-hydrogen) atoms. The quantitative estimate of drug-likeness (QED) is 0.751. The fourth-order valence-corrected chi connectivity index (χ4v) is 2.20. The average molecular weight is 206 g/mol. The Hall–Kier alpha value is -0.730. The molecule has 0 spiro atoms. The molecular weight excluding hydrogens is 192 g/mol. The number of benzene rings is 1. The standard InChI is InChI=1S/C12H14OS/c1-2-4-11(5-3-1)10-13-12-6-8-14-9-7-12/h1-6,8,12H,7,9-10H2/t12-/m0/s1. The van der Waals surface area contributed by atoms with Crippen LogP contribution in [0, 0.1) is 0 Å². The molecule has 0 aromatic heterocycles. The fourth-order valence-electron chi connectivity index (χ4n) is 1.41. The van der Waals surface area contributed by atoms with Crippen molar-refractivity contribution in [3.8, 4) is 0 Å². The van der Waals surface area contributed by atoms with Gasteiger partial charge in [0.1, 0.15) is 0 Å². The summed E-state index contributed by atoms with van der Waals surface area (Å²) < 4.78 is 5.77. The zero-order valence-corrected chi connectivity index (χ0v) is 8.87. The van der Waals surface area contributed by atoms with Gasteiger partial charge in [-0.25, -0.2) is 0 Å². The van der Waals surface area contributed by atoms with E-state index in [4.69, 9.17) is 4.74 Å². The van der Waals surface area contributed by atoms with Crippen LogP contribution in [0.15, 0.2) is 41.8 Å². The van der Waals surface area contributed by atoms with E-state index in [0.29, 0.717) is 6.10 Å². The van der Waals surface area contributed by atoms with E-state index >= 15 is 0 Å². The van der Waals surface area contributed by atoms with Crippen LogP contribution < -0.4 is 0 Å². The van der Waals surface area contributed by atoms with Crippen molar-refractivity contribution in [2.45, 2.75) is 19.1 Å². The molecule has 0 unspecified atom stereocenters. The molecule has 2 rings (SSSR count). The van der Waals surface area contributed by atoms with Gasteiger partial charge in [0.05, 0.1) is 12.7 Å². The summed E-state index contributed by atoms with van der Waals surface area (Å²) in [5.41, 5.74) is 1.25. The lowest BCUT2D eigenvalue weighted by Gasteiger charge is -2.16. The van der Waals surface area contributed by atoms with Gasteiger partial charge in [0, 0.05) is 5.75 Å².